The standard InChI is InChI=1S/C34H36O4/c1-22-16-30(35)10-6-24(22)18-26-20-28(8-12-32(26)36)34(14-4-5-15-34)29-9-13-33(37)27(21-29)19-25-7-11-31(38-3)17-23(25)2/h6-13,16-17,20-21,35-37H,4-5,14-15,18-19H2,1-3H3. The molecule has 1 aliphatic carbocycles. The van der Waals surface area contributed by atoms with Crippen molar-refractivity contribution >= 4 is 0 Å². The minimum absolute atomic E-state index is 0.163. The van der Waals surface area contributed by atoms with Crippen molar-refractivity contribution in [2.75, 3.05) is 7.11 Å². The van der Waals surface area contributed by atoms with Gasteiger partial charge in [0.2, 0.25) is 0 Å². The zero-order chi connectivity index (χ0) is 26.9. The van der Waals surface area contributed by atoms with Gasteiger partial charge in [0.25, 0.3) is 0 Å². The van der Waals surface area contributed by atoms with Crippen LogP contribution in [0, 0.1) is 13.8 Å². The van der Waals surface area contributed by atoms with Crippen molar-refractivity contribution in [1.82, 2.24) is 0 Å². The number of hydrogen-bond donors (Lipinski definition) is 3. The van der Waals surface area contributed by atoms with Gasteiger partial charge in [-0.25, -0.2) is 0 Å². The summed E-state index contributed by atoms with van der Waals surface area (Å²) in [5.74, 6) is 1.68. The van der Waals surface area contributed by atoms with Gasteiger partial charge in [-0.1, -0.05) is 49.2 Å². The summed E-state index contributed by atoms with van der Waals surface area (Å²) < 4.78 is 5.36. The molecule has 1 aliphatic rings. The van der Waals surface area contributed by atoms with Crippen molar-refractivity contribution in [2.24, 2.45) is 0 Å². The molecule has 0 unspecified atom stereocenters. The maximum Gasteiger partial charge on any atom is 0.119 e. The molecule has 5 rings (SSSR count). The van der Waals surface area contributed by atoms with Crippen molar-refractivity contribution in [1.29, 1.82) is 0 Å². The average Bonchev–Trinajstić information content (AvgIpc) is 3.40. The highest BCUT2D eigenvalue weighted by atomic mass is 16.5. The Bertz CT molecular complexity index is 1460. The Morgan fingerprint density at radius 1 is 0.632 bits per heavy atom. The molecule has 0 heterocycles. The monoisotopic (exact) mass is 508 g/mol. The van der Waals surface area contributed by atoms with E-state index in [2.05, 4.69) is 37.3 Å². The largest absolute Gasteiger partial charge is 0.508 e. The predicted molar refractivity (Wildman–Crippen MR) is 152 cm³/mol. The van der Waals surface area contributed by atoms with Crippen LogP contribution in [0.5, 0.6) is 23.0 Å². The number of phenolic OH excluding ortho intramolecular Hbond substituents is 3. The van der Waals surface area contributed by atoms with Crippen LogP contribution in [0.1, 0.15) is 70.2 Å². The van der Waals surface area contributed by atoms with E-state index in [0.29, 0.717) is 18.6 Å². The molecule has 0 aliphatic heterocycles. The van der Waals surface area contributed by atoms with E-state index < -0.39 is 0 Å². The summed E-state index contributed by atoms with van der Waals surface area (Å²) in [6.07, 6.45) is 5.58. The minimum atomic E-state index is -0.163. The van der Waals surface area contributed by atoms with E-state index in [1.54, 1.807) is 19.2 Å². The van der Waals surface area contributed by atoms with E-state index in [1.807, 2.05) is 37.3 Å². The number of ether oxygens (including phenoxy) is 1. The van der Waals surface area contributed by atoms with Gasteiger partial charge >= 0.3 is 0 Å². The van der Waals surface area contributed by atoms with Crippen LogP contribution in [0.15, 0.2) is 72.8 Å². The topological polar surface area (TPSA) is 69.9 Å². The fourth-order valence-electron chi connectivity index (χ4n) is 6.05. The number of aryl methyl sites for hydroxylation is 2. The third-order valence-corrected chi connectivity index (χ3v) is 8.36. The summed E-state index contributed by atoms with van der Waals surface area (Å²) in [4.78, 5) is 0. The summed E-state index contributed by atoms with van der Waals surface area (Å²) >= 11 is 0. The fraction of sp³-hybridized carbons (Fsp3) is 0.294. The summed E-state index contributed by atoms with van der Waals surface area (Å²) in [6.45, 7) is 4.06. The number of hydrogen-bond acceptors (Lipinski definition) is 4. The summed E-state index contributed by atoms with van der Waals surface area (Å²) in [5.41, 5.74) is 8.44. The van der Waals surface area contributed by atoms with Gasteiger partial charge in [0.1, 0.15) is 23.0 Å². The Kier molecular flexibility index (Phi) is 7.07. The molecule has 0 atom stereocenters. The van der Waals surface area contributed by atoms with Gasteiger partial charge < -0.3 is 20.1 Å². The van der Waals surface area contributed by atoms with Gasteiger partial charge in [0.15, 0.2) is 0 Å². The van der Waals surface area contributed by atoms with Crippen molar-refractivity contribution in [3.8, 4) is 23.0 Å². The number of methoxy groups -OCH3 is 1. The lowest BCUT2D eigenvalue weighted by molar-refractivity contribution is 0.414. The second kappa shape index (κ2) is 10.4. The zero-order valence-corrected chi connectivity index (χ0v) is 22.4. The van der Waals surface area contributed by atoms with Gasteiger partial charge in [-0.05, 0) is 108 Å². The van der Waals surface area contributed by atoms with Gasteiger partial charge in [-0.15, -0.1) is 0 Å². The highest BCUT2D eigenvalue weighted by Crippen LogP contribution is 2.48. The van der Waals surface area contributed by atoms with Gasteiger partial charge in [0.05, 0.1) is 7.11 Å². The van der Waals surface area contributed by atoms with Crippen LogP contribution in [-0.2, 0) is 18.3 Å². The minimum Gasteiger partial charge on any atom is -0.508 e. The van der Waals surface area contributed by atoms with Gasteiger partial charge in [-0.3, -0.25) is 0 Å². The number of phenols is 3. The maximum absolute atomic E-state index is 10.8. The average molecular weight is 509 g/mol. The SMILES string of the molecule is COc1ccc(Cc2cc(C3(c4ccc(O)c(Cc5ccc(O)cc5C)c4)CCCC3)ccc2O)c(C)c1. The van der Waals surface area contributed by atoms with Crippen LogP contribution in [0.3, 0.4) is 0 Å². The van der Waals surface area contributed by atoms with Crippen LogP contribution in [0.25, 0.3) is 0 Å². The Morgan fingerprint density at radius 3 is 1.66 bits per heavy atom. The summed E-state index contributed by atoms with van der Waals surface area (Å²) in [5, 5.41) is 31.4. The zero-order valence-electron chi connectivity index (χ0n) is 22.4. The summed E-state index contributed by atoms with van der Waals surface area (Å²) in [7, 11) is 1.67. The molecule has 0 spiro atoms. The Morgan fingerprint density at radius 2 is 1.16 bits per heavy atom. The second-order valence-corrected chi connectivity index (χ2v) is 10.7. The molecule has 1 saturated carbocycles. The predicted octanol–water partition coefficient (Wildman–Crippen LogP) is 7.47. The third-order valence-electron chi connectivity index (χ3n) is 8.36. The molecule has 4 heteroatoms. The van der Waals surface area contributed by atoms with Crippen LogP contribution < -0.4 is 4.74 Å². The van der Waals surface area contributed by atoms with Crippen LogP contribution in [-0.4, -0.2) is 22.4 Å². The van der Waals surface area contributed by atoms with Gasteiger partial charge in [-0.2, -0.15) is 0 Å². The molecule has 0 radical (unpaired) electrons. The molecule has 4 nitrogen and oxygen atoms in total. The fourth-order valence-corrected chi connectivity index (χ4v) is 6.05. The Labute approximate surface area is 225 Å². The quantitative estimate of drug-likeness (QED) is 0.242. The lowest BCUT2D eigenvalue weighted by Crippen LogP contribution is -2.24. The van der Waals surface area contributed by atoms with E-state index >= 15 is 0 Å². The molecule has 0 bridgehead atoms. The molecule has 196 valence electrons. The molecule has 0 amide bonds. The van der Waals surface area contributed by atoms with Crippen molar-refractivity contribution < 1.29 is 20.1 Å². The van der Waals surface area contributed by atoms with E-state index in [0.717, 1.165) is 64.8 Å². The molecule has 0 aromatic heterocycles. The Hall–Kier alpha value is -3.92. The Balaban J connectivity index is 1.52. The number of benzene rings is 4. The highest BCUT2D eigenvalue weighted by Gasteiger charge is 2.38. The normalized spacial score (nSPS) is 14.5. The molecule has 4 aromatic rings. The lowest BCUT2D eigenvalue weighted by Gasteiger charge is -2.32. The van der Waals surface area contributed by atoms with E-state index in [4.69, 9.17) is 4.74 Å². The molecule has 0 saturated heterocycles. The third kappa shape index (κ3) is 4.96. The van der Waals surface area contributed by atoms with E-state index in [9.17, 15) is 15.3 Å². The van der Waals surface area contributed by atoms with Crippen LogP contribution >= 0.6 is 0 Å². The molecular formula is C34H36O4. The maximum atomic E-state index is 10.8. The first-order chi connectivity index (χ1) is 18.3. The summed E-state index contributed by atoms with van der Waals surface area (Å²) in [6, 6.07) is 23.6. The van der Waals surface area contributed by atoms with Crippen molar-refractivity contribution in [3.05, 3.63) is 117 Å². The van der Waals surface area contributed by atoms with Gasteiger partial charge in [0, 0.05) is 18.3 Å². The first-order valence-electron chi connectivity index (χ1n) is 13.4. The van der Waals surface area contributed by atoms with Crippen molar-refractivity contribution in [2.45, 2.75) is 57.8 Å². The second-order valence-electron chi connectivity index (χ2n) is 10.7. The smallest absolute Gasteiger partial charge is 0.119 e. The van der Waals surface area contributed by atoms with Crippen LogP contribution in [0.4, 0.5) is 0 Å². The number of rotatable bonds is 7. The molecule has 3 N–H and O–H groups in total. The van der Waals surface area contributed by atoms with E-state index in [1.165, 1.54) is 11.1 Å². The molecule has 1 fully saturated rings. The molecular weight excluding hydrogens is 472 g/mol. The first-order valence-corrected chi connectivity index (χ1v) is 13.4. The molecule has 4 aromatic carbocycles. The molecule has 38 heavy (non-hydrogen) atoms. The van der Waals surface area contributed by atoms with Crippen LogP contribution in [0.2, 0.25) is 0 Å². The highest BCUT2D eigenvalue weighted by molar-refractivity contribution is 5.51. The first kappa shape index (κ1) is 25.7. The lowest BCUT2D eigenvalue weighted by atomic mass is 9.72. The van der Waals surface area contributed by atoms with E-state index in [-0.39, 0.29) is 16.9 Å². The van der Waals surface area contributed by atoms with Crippen molar-refractivity contribution in [3.63, 3.8) is 0 Å². The number of aromatic hydroxyl groups is 3.